The molecule has 1 unspecified atom stereocenters. The lowest BCUT2D eigenvalue weighted by molar-refractivity contribution is 0.115. The quantitative estimate of drug-likeness (QED) is 0.810. The summed E-state index contributed by atoms with van der Waals surface area (Å²) in [4.78, 5) is 0. The van der Waals surface area contributed by atoms with E-state index >= 15 is 0 Å². The van der Waals surface area contributed by atoms with Crippen LogP contribution < -0.4 is 14.8 Å². The number of aliphatic hydroxyl groups is 1. The Kier molecular flexibility index (Phi) is 4.44. The summed E-state index contributed by atoms with van der Waals surface area (Å²) in [5, 5.41) is 12.9. The third-order valence-electron chi connectivity index (χ3n) is 3.32. The van der Waals surface area contributed by atoms with Crippen LogP contribution in [0.1, 0.15) is 30.9 Å². The summed E-state index contributed by atoms with van der Waals surface area (Å²) >= 11 is 0. The molecule has 18 heavy (non-hydrogen) atoms. The van der Waals surface area contributed by atoms with E-state index in [2.05, 4.69) is 5.32 Å². The van der Waals surface area contributed by atoms with Crippen molar-refractivity contribution in [3.63, 3.8) is 0 Å². The van der Waals surface area contributed by atoms with Gasteiger partial charge in [0.25, 0.3) is 0 Å². The van der Waals surface area contributed by atoms with Crippen LogP contribution in [0.2, 0.25) is 0 Å². The molecule has 1 saturated carbocycles. The smallest absolute Gasteiger partial charge is 0.161 e. The van der Waals surface area contributed by atoms with E-state index in [0.29, 0.717) is 18.4 Å². The summed E-state index contributed by atoms with van der Waals surface area (Å²) in [6, 6.07) is 5.61. The second kappa shape index (κ2) is 6.07. The van der Waals surface area contributed by atoms with Gasteiger partial charge in [0.1, 0.15) is 0 Å². The zero-order valence-electron chi connectivity index (χ0n) is 11.0. The molecule has 1 aliphatic rings. The largest absolute Gasteiger partial charge is 0.493 e. The summed E-state index contributed by atoms with van der Waals surface area (Å²) < 4.78 is 11.2. The minimum Gasteiger partial charge on any atom is -0.493 e. The van der Waals surface area contributed by atoms with E-state index in [4.69, 9.17) is 9.47 Å². The highest BCUT2D eigenvalue weighted by Gasteiger charge is 2.21. The van der Waals surface area contributed by atoms with Crippen molar-refractivity contribution < 1.29 is 14.6 Å². The molecule has 4 nitrogen and oxygen atoms in total. The summed E-state index contributed by atoms with van der Waals surface area (Å²) in [6.45, 7) is 0.520. The number of ether oxygens (including phenoxy) is 2. The topological polar surface area (TPSA) is 50.7 Å². The van der Waals surface area contributed by atoms with Crippen molar-refractivity contribution in [3.8, 4) is 11.5 Å². The zero-order valence-corrected chi connectivity index (χ0v) is 11.0. The van der Waals surface area contributed by atoms with Gasteiger partial charge >= 0.3 is 0 Å². The SMILES string of the molecule is CNCC(O)c1ccc(OC2CCC2)c(OC)c1. The van der Waals surface area contributed by atoms with Gasteiger partial charge in [-0.25, -0.2) is 0 Å². The summed E-state index contributed by atoms with van der Waals surface area (Å²) in [7, 11) is 3.44. The molecule has 1 fully saturated rings. The maximum absolute atomic E-state index is 9.91. The van der Waals surface area contributed by atoms with Crippen LogP contribution in [0, 0.1) is 0 Å². The van der Waals surface area contributed by atoms with Gasteiger partial charge in [0, 0.05) is 6.54 Å². The highest BCUT2D eigenvalue weighted by molar-refractivity contribution is 5.43. The van der Waals surface area contributed by atoms with Crippen molar-refractivity contribution in [2.75, 3.05) is 20.7 Å². The number of aliphatic hydroxyl groups excluding tert-OH is 1. The lowest BCUT2D eigenvalue weighted by Gasteiger charge is -2.27. The van der Waals surface area contributed by atoms with E-state index in [0.717, 1.165) is 24.2 Å². The third kappa shape index (κ3) is 2.94. The fourth-order valence-electron chi connectivity index (χ4n) is 1.97. The Morgan fingerprint density at radius 1 is 1.39 bits per heavy atom. The lowest BCUT2D eigenvalue weighted by atomic mass is 9.96. The number of methoxy groups -OCH3 is 1. The van der Waals surface area contributed by atoms with Crippen LogP contribution >= 0.6 is 0 Å². The van der Waals surface area contributed by atoms with Crippen molar-refractivity contribution in [1.82, 2.24) is 5.32 Å². The Balaban J connectivity index is 2.11. The lowest BCUT2D eigenvalue weighted by Crippen LogP contribution is -2.24. The number of rotatable bonds is 6. The van der Waals surface area contributed by atoms with Crippen molar-refractivity contribution in [3.05, 3.63) is 23.8 Å². The Labute approximate surface area is 108 Å². The van der Waals surface area contributed by atoms with Crippen molar-refractivity contribution in [2.45, 2.75) is 31.5 Å². The van der Waals surface area contributed by atoms with Crippen LogP contribution in [0.3, 0.4) is 0 Å². The molecule has 0 saturated heterocycles. The van der Waals surface area contributed by atoms with Gasteiger partial charge in [-0.3, -0.25) is 0 Å². The number of likely N-dealkylation sites (N-methyl/N-ethyl adjacent to an activating group) is 1. The zero-order chi connectivity index (χ0) is 13.0. The van der Waals surface area contributed by atoms with E-state index in [1.54, 1.807) is 7.11 Å². The molecule has 0 aliphatic heterocycles. The second-order valence-corrected chi connectivity index (χ2v) is 4.65. The van der Waals surface area contributed by atoms with E-state index < -0.39 is 6.10 Å². The molecule has 0 spiro atoms. The molecule has 1 aliphatic carbocycles. The molecule has 1 aromatic rings. The summed E-state index contributed by atoms with van der Waals surface area (Å²) in [6.07, 6.45) is 3.28. The first-order valence-corrected chi connectivity index (χ1v) is 6.42. The summed E-state index contributed by atoms with van der Waals surface area (Å²) in [5.74, 6) is 1.46. The maximum Gasteiger partial charge on any atom is 0.161 e. The van der Waals surface area contributed by atoms with Crippen molar-refractivity contribution >= 4 is 0 Å². The van der Waals surface area contributed by atoms with Crippen molar-refractivity contribution in [1.29, 1.82) is 0 Å². The molecular weight excluding hydrogens is 230 g/mol. The van der Waals surface area contributed by atoms with E-state index in [1.807, 2.05) is 25.2 Å². The fourth-order valence-corrected chi connectivity index (χ4v) is 1.97. The van der Waals surface area contributed by atoms with E-state index in [9.17, 15) is 5.11 Å². The molecule has 1 aromatic carbocycles. The highest BCUT2D eigenvalue weighted by Crippen LogP contribution is 2.34. The molecule has 2 rings (SSSR count). The van der Waals surface area contributed by atoms with Gasteiger partial charge in [-0.1, -0.05) is 6.07 Å². The predicted octanol–water partition coefficient (Wildman–Crippen LogP) is 1.88. The van der Waals surface area contributed by atoms with Gasteiger partial charge in [-0.05, 0) is 44.0 Å². The average Bonchev–Trinajstić information content (AvgIpc) is 2.34. The molecule has 0 amide bonds. The van der Waals surface area contributed by atoms with Crippen LogP contribution in [-0.2, 0) is 0 Å². The Hall–Kier alpha value is -1.26. The molecule has 4 heteroatoms. The Morgan fingerprint density at radius 3 is 2.72 bits per heavy atom. The third-order valence-corrected chi connectivity index (χ3v) is 3.32. The molecule has 0 heterocycles. The van der Waals surface area contributed by atoms with E-state index in [-0.39, 0.29) is 0 Å². The average molecular weight is 251 g/mol. The standard InChI is InChI=1S/C14H21NO3/c1-15-9-12(16)10-6-7-13(14(8-10)17-2)18-11-4-3-5-11/h6-8,11-12,15-16H,3-5,9H2,1-2H3. The minimum absolute atomic E-state index is 0.326. The van der Waals surface area contributed by atoms with Gasteiger partial charge in [0.05, 0.1) is 19.3 Å². The Bertz CT molecular complexity index is 391. The Morgan fingerprint density at radius 2 is 2.17 bits per heavy atom. The molecule has 1 atom stereocenters. The molecule has 2 N–H and O–H groups in total. The van der Waals surface area contributed by atoms with E-state index in [1.165, 1.54) is 6.42 Å². The molecule has 0 aromatic heterocycles. The molecular formula is C14H21NO3. The molecule has 100 valence electrons. The van der Waals surface area contributed by atoms with Crippen LogP contribution in [0.4, 0.5) is 0 Å². The van der Waals surface area contributed by atoms with Gasteiger partial charge in [-0.15, -0.1) is 0 Å². The molecule has 0 radical (unpaired) electrons. The van der Waals surface area contributed by atoms with Gasteiger partial charge in [0.2, 0.25) is 0 Å². The maximum atomic E-state index is 9.91. The number of hydrogen-bond donors (Lipinski definition) is 2. The number of benzene rings is 1. The van der Waals surface area contributed by atoms with Crippen LogP contribution in [0.25, 0.3) is 0 Å². The fraction of sp³-hybridized carbons (Fsp3) is 0.571. The first-order chi connectivity index (χ1) is 8.74. The molecule has 0 bridgehead atoms. The summed E-state index contributed by atoms with van der Waals surface area (Å²) in [5.41, 5.74) is 0.835. The normalized spacial score (nSPS) is 17.1. The van der Waals surface area contributed by atoms with Gasteiger partial charge in [0.15, 0.2) is 11.5 Å². The highest BCUT2D eigenvalue weighted by atomic mass is 16.5. The first kappa shape index (κ1) is 13.2. The second-order valence-electron chi connectivity index (χ2n) is 4.65. The minimum atomic E-state index is -0.526. The van der Waals surface area contributed by atoms with Gasteiger partial charge in [-0.2, -0.15) is 0 Å². The predicted molar refractivity (Wildman–Crippen MR) is 70.1 cm³/mol. The van der Waals surface area contributed by atoms with Gasteiger partial charge < -0.3 is 19.9 Å². The van der Waals surface area contributed by atoms with Crippen LogP contribution in [0.15, 0.2) is 18.2 Å². The first-order valence-electron chi connectivity index (χ1n) is 6.42. The van der Waals surface area contributed by atoms with Crippen LogP contribution in [-0.4, -0.2) is 31.9 Å². The number of nitrogens with one attached hydrogen (secondary N) is 1. The monoisotopic (exact) mass is 251 g/mol. The van der Waals surface area contributed by atoms with Crippen molar-refractivity contribution in [2.24, 2.45) is 0 Å². The number of hydrogen-bond acceptors (Lipinski definition) is 4. The van der Waals surface area contributed by atoms with Crippen LogP contribution in [0.5, 0.6) is 11.5 Å².